The SMILES string of the molecule is CCOc1ccc(C(O)c2cccc(C)c2C)c(Br)c1. The van der Waals surface area contributed by atoms with Gasteiger partial charge in [0.2, 0.25) is 0 Å². The molecule has 0 fully saturated rings. The molecule has 0 spiro atoms. The van der Waals surface area contributed by atoms with E-state index in [9.17, 15) is 5.11 Å². The Balaban J connectivity index is 2.38. The highest BCUT2D eigenvalue weighted by atomic mass is 79.9. The Morgan fingerprint density at radius 1 is 1.15 bits per heavy atom. The minimum atomic E-state index is -0.639. The monoisotopic (exact) mass is 334 g/mol. The molecule has 0 aliphatic heterocycles. The molecule has 0 heterocycles. The van der Waals surface area contributed by atoms with Gasteiger partial charge >= 0.3 is 0 Å². The van der Waals surface area contributed by atoms with E-state index in [1.807, 2.05) is 44.2 Å². The maximum atomic E-state index is 10.6. The highest BCUT2D eigenvalue weighted by molar-refractivity contribution is 9.10. The molecule has 0 saturated heterocycles. The van der Waals surface area contributed by atoms with Gasteiger partial charge in [0.1, 0.15) is 11.9 Å². The van der Waals surface area contributed by atoms with Crippen LogP contribution < -0.4 is 4.74 Å². The topological polar surface area (TPSA) is 29.5 Å². The zero-order chi connectivity index (χ0) is 14.7. The molecule has 0 bridgehead atoms. The van der Waals surface area contributed by atoms with Crippen molar-refractivity contribution in [3.8, 4) is 5.75 Å². The summed E-state index contributed by atoms with van der Waals surface area (Å²) in [5.41, 5.74) is 4.10. The Hall–Kier alpha value is -1.32. The lowest BCUT2D eigenvalue weighted by atomic mass is 9.95. The van der Waals surface area contributed by atoms with Crippen molar-refractivity contribution < 1.29 is 9.84 Å². The Labute approximate surface area is 128 Å². The van der Waals surface area contributed by atoms with Gasteiger partial charge in [0.25, 0.3) is 0 Å². The first-order valence-electron chi connectivity index (χ1n) is 6.71. The van der Waals surface area contributed by atoms with Gasteiger partial charge in [-0.05, 0) is 55.2 Å². The molecule has 2 rings (SSSR count). The summed E-state index contributed by atoms with van der Waals surface area (Å²) >= 11 is 3.52. The molecule has 0 saturated carbocycles. The van der Waals surface area contributed by atoms with Crippen LogP contribution in [0.3, 0.4) is 0 Å². The largest absolute Gasteiger partial charge is 0.494 e. The summed E-state index contributed by atoms with van der Waals surface area (Å²) in [6.07, 6.45) is -0.639. The summed E-state index contributed by atoms with van der Waals surface area (Å²) < 4.78 is 6.32. The molecule has 106 valence electrons. The summed E-state index contributed by atoms with van der Waals surface area (Å²) in [4.78, 5) is 0. The normalized spacial score (nSPS) is 12.2. The summed E-state index contributed by atoms with van der Waals surface area (Å²) in [6.45, 7) is 6.67. The average molecular weight is 335 g/mol. The van der Waals surface area contributed by atoms with Crippen LogP contribution in [0.2, 0.25) is 0 Å². The molecule has 2 aromatic carbocycles. The molecular formula is C17H19BrO2. The van der Waals surface area contributed by atoms with Gasteiger partial charge in [0.15, 0.2) is 0 Å². The maximum absolute atomic E-state index is 10.6. The lowest BCUT2D eigenvalue weighted by Crippen LogP contribution is -2.04. The van der Waals surface area contributed by atoms with Crippen molar-refractivity contribution in [3.63, 3.8) is 0 Å². The van der Waals surface area contributed by atoms with Crippen LogP contribution in [-0.4, -0.2) is 11.7 Å². The highest BCUT2D eigenvalue weighted by Crippen LogP contribution is 2.33. The van der Waals surface area contributed by atoms with Crippen LogP contribution >= 0.6 is 15.9 Å². The molecule has 0 amide bonds. The van der Waals surface area contributed by atoms with Crippen molar-refractivity contribution in [2.24, 2.45) is 0 Å². The number of benzene rings is 2. The van der Waals surface area contributed by atoms with Gasteiger partial charge < -0.3 is 9.84 Å². The van der Waals surface area contributed by atoms with E-state index >= 15 is 0 Å². The van der Waals surface area contributed by atoms with E-state index < -0.39 is 6.10 Å². The van der Waals surface area contributed by atoms with E-state index in [4.69, 9.17) is 4.74 Å². The third-order valence-corrected chi connectivity index (χ3v) is 4.21. The second-order valence-corrected chi connectivity index (χ2v) is 5.66. The number of hydrogen-bond acceptors (Lipinski definition) is 2. The molecule has 0 aromatic heterocycles. The third-order valence-electron chi connectivity index (χ3n) is 3.52. The predicted octanol–water partition coefficient (Wildman–Crippen LogP) is 4.55. The van der Waals surface area contributed by atoms with E-state index in [1.165, 1.54) is 5.56 Å². The molecule has 2 aromatic rings. The zero-order valence-corrected chi connectivity index (χ0v) is 13.6. The molecule has 1 unspecified atom stereocenters. The van der Waals surface area contributed by atoms with Crippen molar-refractivity contribution in [1.82, 2.24) is 0 Å². The minimum absolute atomic E-state index is 0.630. The van der Waals surface area contributed by atoms with Gasteiger partial charge in [-0.3, -0.25) is 0 Å². The van der Waals surface area contributed by atoms with Gasteiger partial charge in [-0.1, -0.05) is 40.2 Å². The van der Waals surface area contributed by atoms with Gasteiger partial charge in [-0.25, -0.2) is 0 Å². The molecule has 20 heavy (non-hydrogen) atoms. The van der Waals surface area contributed by atoms with Crippen LogP contribution in [0.4, 0.5) is 0 Å². The number of rotatable bonds is 4. The molecule has 0 radical (unpaired) electrons. The highest BCUT2D eigenvalue weighted by Gasteiger charge is 2.16. The average Bonchev–Trinajstić information content (AvgIpc) is 2.42. The van der Waals surface area contributed by atoms with Crippen molar-refractivity contribution in [2.45, 2.75) is 26.9 Å². The molecule has 1 N–H and O–H groups in total. The smallest absolute Gasteiger partial charge is 0.120 e. The van der Waals surface area contributed by atoms with E-state index in [-0.39, 0.29) is 0 Å². The Morgan fingerprint density at radius 3 is 2.55 bits per heavy atom. The quantitative estimate of drug-likeness (QED) is 0.888. The summed E-state index contributed by atoms with van der Waals surface area (Å²) in [6, 6.07) is 11.7. The fraction of sp³-hybridized carbons (Fsp3) is 0.294. The minimum Gasteiger partial charge on any atom is -0.494 e. The van der Waals surface area contributed by atoms with Crippen LogP contribution in [0, 0.1) is 13.8 Å². The number of halogens is 1. The van der Waals surface area contributed by atoms with Crippen molar-refractivity contribution in [2.75, 3.05) is 6.61 Å². The first-order chi connectivity index (χ1) is 9.54. The van der Waals surface area contributed by atoms with Crippen LogP contribution in [0.25, 0.3) is 0 Å². The maximum Gasteiger partial charge on any atom is 0.120 e. The van der Waals surface area contributed by atoms with Crippen LogP contribution in [0.5, 0.6) is 5.75 Å². The van der Waals surface area contributed by atoms with Gasteiger partial charge in [-0.15, -0.1) is 0 Å². The third kappa shape index (κ3) is 3.05. The summed E-state index contributed by atoms with van der Waals surface area (Å²) in [5, 5.41) is 10.6. The zero-order valence-electron chi connectivity index (χ0n) is 12.0. The first-order valence-corrected chi connectivity index (χ1v) is 7.50. The number of aliphatic hydroxyl groups is 1. The number of aliphatic hydroxyl groups excluding tert-OH is 1. The Morgan fingerprint density at radius 2 is 1.90 bits per heavy atom. The Bertz CT molecular complexity index is 608. The molecule has 0 aliphatic carbocycles. The molecule has 0 aliphatic rings. The lowest BCUT2D eigenvalue weighted by molar-refractivity contribution is 0.218. The van der Waals surface area contributed by atoms with Gasteiger partial charge in [0, 0.05) is 4.47 Å². The van der Waals surface area contributed by atoms with Crippen molar-refractivity contribution in [1.29, 1.82) is 0 Å². The molecule has 2 nitrogen and oxygen atoms in total. The van der Waals surface area contributed by atoms with Gasteiger partial charge in [0.05, 0.1) is 6.61 Å². The summed E-state index contributed by atoms with van der Waals surface area (Å²) in [5.74, 6) is 0.802. The fourth-order valence-electron chi connectivity index (χ4n) is 2.22. The van der Waals surface area contributed by atoms with E-state index in [0.717, 1.165) is 26.9 Å². The van der Waals surface area contributed by atoms with Gasteiger partial charge in [-0.2, -0.15) is 0 Å². The van der Waals surface area contributed by atoms with E-state index in [1.54, 1.807) is 0 Å². The molecule has 3 heteroatoms. The fourth-order valence-corrected chi connectivity index (χ4v) is 2.80. The number of ether oxygens (including phenoxy) is 1. The van der Waals surface area contributed by atoms with Crippen LogP contribution in [0.15, 0.2) is 40.9 Å². The Kier molecular flexibility index (Phi) is 4.84. The first kappa shape index (κ1) is 15.1. The van der Waals surface area contributed by atoms with Crippen LogP contribution in [0.1, 0.15) is 35.3 Å². The van der Waals surface area contributed by atoms with Crippen LogP contribution in [-0.2, 0) is 0 Å². The lowest BCUT2D eigenvalue weighted by Gasteiger charge is -2.17. The standard InChI is InChI=1S/C17H19BrO2/c1-4-20-13-8-9-15(16(18)10-13)17(19)14-7-5-6-11(2)12(14)3/h5-10,17,19H,4H2,1-3H3. The van der Waals surface area contributed by atoms with Crippen molar-refractivity contribution >= 4 is 15.9 Å². The predicted molar refractivity (Wildman–Crippen MR) is 85.3 cm³/mol. The van der Waals surface area contributed by atoms with E-state index in [0.29, 0.717) is 6.61 Å². The molecule has 1 atom stereocenters. The second kappa shape index (κ2) is 6.42. The van der Waals surface area contributed by atoms with Crippen molar-refractivity contribution in [3.05, 3.63) is 63.1 Å². The molecular weight excluding hydrogens is 316 g/mol. The number of hydrogen-bond donors (Lipinski definition) is 1. The summed E-state index contributed by atoms with van der Waals surface area (Å²) in [7, 11) is 0. The van der Waals surface area contributed by atoms with E-state index in [2.05, 4.69) is 28.9 Å². The number of aryl methyl sites for hydroxylation is 1. The second-order valence-electron chi connectivity index (χ2n) is 4.81.